The van der Waals surface area contributed by atoms with E-state index < -0.39 is 53.4 Å². The van der Waals surface area contributed by atoms with Gasteiger partial charge in [-0.2, -0.15) is 0 Å². The minimum atomic E-state index is -1.07. The number of benzene rings is 3. The molecule has 0 saturated carbocycles. The van der Waals surface area contributed by atoms with Gasteiger partial charge in [-0.1, -0.05) is 176 Å². The van der Waals surface area contributed by atoms with Crippen molar-refractivity contribution in [2.75, 3.05) is 85.5 Å². The number of esters is 2. The van der Waals surface area contributed by atoms with Crippen molar-refractivity contribution in [1.82, 2.24) is 51.1 Å². The number of morpholine rings is 3. The maximum absolute atomic E-state index is 13.8. The normalized spacial score (nSPS) is 16.5. The number of ether oxygens (including phenoxy) is 6. The molecule has 5 aromatic heterocycles. The first-order valence-electron chi connectivity index (χ1n) is 35.6. The molecule has 0 unspecified atom stereocenters. The molecule has 0 radical (unpaired) electrons. The number of nitrogens with zero attached hydrogens (tertiary/aromatic N) is 8. The van der Waals surface area contributed by atoms with Crippen LogP contribution in [0.25, 0.3) is 0 Å². The molecule has 4 aliphatic heterocycles. The van der Waals surface area contributed by atoms with Crippen LogP contribution in [0.5, 0.6) is 0 Å². The highest BCUT2D eigenvalue weighted by Gasteiger charge is 2.50. The number of amides is 2. The van der Waals surface area contributed by atoms with E-state index in [9.17, 15) is 38.4 Å². The average Bonchev–Trinajstić information content (AvgIpc) is 1.65. The van der Waals surface area contributed by atoms with Crippen LogP contribution < -0.4 is 10.6 Å². The first-order chi connectivity index (χ1) is 52.5. The molecule has 33 heteroatoms. The van der Waals surface area contributed by atoms with Gasteiger partial charge in [0.05, 0.1) is 88.6 Å². The van der Waals surface area contributed by atoms with Crippen LogP contribution in [0.15, 0.2) is 144 Å². The van der Waals surface area contributed by atoms with Crippen LogP contribution in [0.3, 0.4) is 0 Å². The highest BCUT2D eigenvalue weighted by molar-refractivity contribution is 9.08. The van der Waals surface area contributed by atoms with Crippen LogP contribution in [0.1, 0.15) is 152 Å². The highest BCUT2D eigenvalue weighted by atomic mass is 79.9. The summed E-state index contributed by atoms with van der Waals surface area (Å²) in [4.78, 5) is 105. The van der Waals surface area contributed by atoms with Crippen molar-refractivity contribution in [3.05, 3.63) is 195 Å². The third kappa shape index (κ3) is 29.5. The highest BCUT2D eigenvalue weighted by Crippen LogP contribution is 2.30. The Bertz CT molecular complexity index is 4130. The second-order valence-electron chi connectivity index (χ2n) is 26.8. The third-order valence-corrected chi connectivity index (χ3v) is 18.1. The molecule has 12 rings (SSSR count). The van der Waals surface area contributed by atoms with Crippen molar-refractivity contribution < 1.29 is 99.6 Å². The number of hydrogen-bond donors (Lipinski definition) is 4. The molecule has 4 N–H and O–H groups in total. The maximum atomic E-state index is 13.8. The summed E-state index contributed by atoms with van der Waals surface area (Å²) in [6.07, 6.45) is 1.07. The van der Waals surface area contributed by atoms with E-state index in [0.29, 0.717) is 111 Å². The monoisotopic (exact) mass is 1640 g/mol. The zero-order valence-corrected chi connectivity index (χ0v) is 64.6. The summed E-state index contributed by atoms with van der Waals surface area (Å²) in [7, 11) is 0. The zero-order chi connectivity index (χ0) is 78.1. The summed E-state index contributed by atoms with van der Waals surface area (Å²) in [5, 5.41) is 41.9. The number of Topliss-reactive ketones (excluding diaryl/α,β-unsaturated/α-hetero) is 2. The van der Waals surface area contributed by atoms with Gasteiger partial charge in [0.25, 0.3) is 5.91 Å². The fraction of sp³-hybridized carbons (Fsp3) is 0.461. The van der Waals surface area contributed by atoms with Gasteiger partial charge in [-0.05, 0) is 54.7 Å². The number of ketones is 2. The smallest absolute Gasteiger partial charge is 0.360 e. The summed E-state index contributed by atoms with van der Waals surface area (Å²) in [6.45, 7) is 21.3. The average molecular weight is 1640 g/mol. The Kier molecular flexibility index (Phi) is 34.6. The number of aromatic nitrogens is 5. The lowest BCUT2D eigenvalue weighted by Gasteiger charge is -2.26. The molecular weight excluding hydrogens is 1550 g/mol. The van der Waals surface area contributed by atoms with Gasteiger partial charge in [0, 0.05) is 81.9 Å². The van der Waals surface area contributed by atoms with Crippen molar-refractivity contribution in [1.29, 1.82) is 0 Å². The summed E-state index contributed by atoms with van der Waals surface area (Å²) in [5.74, 6) is -1.95. The number of nitrogens with one attached hydrogen (secondary N) is 2. The van der Waals surface area contributed by atoms with Gasteiger partial charge >= 0.3 is 23.9 Å². The lowest BCUT2D eigenvalue weighted by Crippen LogP contribution is -2.50. The molecule has 109 heavy (non-hydrogen) atoms. The molecule has 4 atom stereocenters. The van der Waals surface area contributed by atoms with Gasteiger partial charge in [0.2, 0.25) is 5.91 Å². The summed E-state index contributed by atoms with van der Waals surface area (Å²) >= 11 is 6.30. The lowest BCUT2D eigenvalue weighted by molar-refractivity contribution is -0.134. The van der Waals surface area contributed by atoms with Crippen LogP contribution in [-0.4, -0.2) is 201 Å². The van der Waals surface area contributed by atoms with Gasteiger partial charge in [-0.3, -0.25) is 33.9 Å². The molecule has 31 nitrogen and oxygen atoms in total. The molecule has 3 aromatic carbocycles. The van der Waals surface area contributed by atoms with Gasteiger partial charge in [-0.25, -0.2) is 19.2 Å². The molecule has 0 spiro atoms. The number of carboxylic acid groups (broad SMARTS) is 2. The van der Waals surface area contributed by atoms with E-state index in [0.717, 1.165) is 69.2 Å². The summed E-state index contributed by atoms with van der Waals surface area (Å²) in [6, 6.07) is 34.6. The van der Waals surface area contributed by atoms with Crippen molar-refractivity contribution in [3.63, 3.8) is 0 Å². The van der Waals surface area contributed by atoms with Crippen LogP contribution in [0.4, 0.5) is 0 Å². The fourth-order valence-corrected chi connectivity index (χ4v) is 11.6. The molecular formula is C76H92Br2N10O21. The fourth-order valence-electron chi connectivity index (χ4n) is 11.1. The molecule has 4 aliphatic rings. The van der Waals surface area contributed by atoms with E-state index in [1.54, 1.807) is 25.1 Å². The number of halogens is 2. The number of rotatable bonds is 31. The minimum Gasteiger partial charge on any atom is -0.476 e. The van der Waals surface area contributed by atoms with Crippen LogP contribution >= 0.6 is 31.9 Å². The van der Waals surface area contributed by atoms with E-state index in [4.69, 9.17) is 56.7 Å². The van der Waals surface area contributed by atoms with Crippen LogP contribution in [-0.2, 0) is 92.7 Å². The molecule has 2 amide bonds. The quantitative estimate of drug-likeness (QED) is 0.0178. The van der Waals surface area contributed by atoms with Gasteiger partial charge in [-0.15, -0.1) is 0 Å². The van der Waals surface area contributed by atoms with Crippen molar-refractivity contribution >= 4 is 79.1 Å². The number of aromatic carboxylic acids is 2. The largest absolute Gasteiger partial charge is 0.476 e. The zero-order valence-electron chi connectivity index (χ0n) is 61.4. The van der Waals surface area contributed by atoms with Crippen molar-refractivity contribution in [2.45, 2.75) is 121 Å². The van der Waals surface area contributed by atoms with Gasteiger partial charge in [0.1, 0.15) is 30.3 Å². The number of epoxide rings is 1. The Labute approximate surface area is 646 Å². The van der Waals surface area contributed by atoms with E-state index in [2.05, 4.69) is 87.5 Å². The Morgan fingerprint density at radius 3 is 1.21 bits per heavy atom. The van der Waals surface area contributed by atoms with Crippen LogP contribution in [0, 0.1) is 17.8 Å². The minimum absolute atomic E-state index is 0.0433. The van der Waals surface area contributed by atoms with E-state index in [1.807, 2.05) is 119 Å². The first-order valence-corrected chi connectivity index (χ1v) is 37.8. The van der Waals surface area contributed by atoms with E-state index >= 15 is 0 Å². The Morgan fingerprint density at radius 2 is 0.835 bits per heavy atom. The molecule has 0 bridgehead atoms. The molecule has 9 heterocycles. The summed E-state index contributed by atoms with van der Waals surface area (Å²) < 4.78 is 56.6. The molecule has 4 fully saturated rings. The van der Waals surface area contributed by atoms with Crippen LogP contribution in [0.2, 0.25) is 0 Å². The lowest BCUT2D eigenvalue weighted by atomic mass is 9.88. The van der Waals surface area contributed by atoms with E-state index in [1.165, 1.54) is 12.1 Å². The topological polar surface area (TPSA) is 400 Å². The molecule has 4 saturated heterocycles. The Morgan fingerprint density at radius 1 is 0.486 bits per heavy atom. The standard InChI is InChI=1S/C34H48N4O7.C16H18N2O4.C12H10BrNO3.C9H12N2O4.C5H4BrNO3/c1-22(2)15-27(35-33(42)29-19-26(45-37-29)20-38-11-13-43-14-12-38)30(39)18-25(17-24-9-7-6-8-10-24)32(41)36-28(16-23(3)4)31(40)34(5)21-44-34;19-16(21-12-13-4-2-1-3-5-13)15-10-14(22-17-15)11-18-6-8-20-9-7-18;13-7-10-6-11(14-17-10)12(15)16-8-9-4-2-1-3-5-9;12-9(13)8-5-7(15-10-8)6-11-1-3-14-4-2-11;6-2-3-1-4(5(8)9)7-10-3/h6-10,19,22-23,25,27-28H,11-18,20-21H2,1-5H3,(H,35,42)(H,36,41);1-5,10H,6-9,11-12H2;1-6H,7-8H2;5H,1-4,6H2,(H,12,13);1H,2H2,(H,8,9)/t25-,27+,28+,34-;;;;/m1..../s1. The third-order valence-electron chi connectivity index (χ3n) is 17.0. The second-order valence-corrected chi connectivity index (χ2v) is 28.0. The number of carbonyl (C=O) groups excluding carboxylic acids is 6. The van der Waals surface area contributed by atoms with Crippen molar-refractivity contribution in [3.8, 4) is 0 Å². The van der Waals surface area contributed by atoms with E-state index in [-0.39, 0.29) is 77.4 Å². The molecule has 0 aliphatic carbocycles. The SMILES string of the molecule is CC(C)C[C@H](NC(=O)c1cc(CN2CCOCC2)on1)C(=O)C[C@@H](Cc1ccccc1)C(=O)N[C@@H](CC(C)C)C(=O)[C@@]1(C)CO1.O=C(O)c1cc(CBr)on1.O=C(O)c1cc(CN2CCOCC2)on1.O=C(OCc1ccccc1)c1cc(CBr)on1.O=C(OCc1ccccc1)c1cc(CN2CCOCC2)on1. The van der Waals surface area contributed by atoms with Gasteiger partial charge < -0.3 is 71.9 Å². The van der Waals surface area contributed by atoms with Crippen molar-refractivity contribution in [2.24, 2.45) is 17.8 Å². The number of carbonyl (C=O) groups is 8. The number of alkyl halides is 2. The first kappa shape index (κ1) is 85.2. The Balaban J connectivity index is 0.000000192. The Hall–Kier alpha value is -9.45. The molecule has 586 valence electrons. The number of carboxylic acids is 2. The second kappa shape index (κ2) is 44.3. The molecule has 8 aromatic rings. The maximum Gasteiger partial charge on any atom is 0.360 e. The predicted molar refractivity (Wildman–Crippen MR) is 396 cm³/mol. The summed E-state index contributed by atoms with van der Waals surface area (Å²) in [5.41, 5.74) is 2.28. The predicted octanol–water partition coefficient (Wildman–Crippen LogP) is 9.62. The number of hydrogen-bond acceptors (Lipinski definition) is 27. The van der Waals surface area contributed by atoms with Gasteiger partial charge in [0.15, 0.2) is 57.3 Å².